The van der Waals surface area contributed by atoms with Crippen LogP contribution in [0.3, 0.4) is 0 Å². The summed E-state index contributed by atoms with van der Waals surface area (Å²) in [5, 5.41) is 3.01. The van der Waals surface area contributed by atoms with Crippen molar-refractivity contribution in [2.45, 2.75) is 48.5 Å². The van der Waals surface area contributed by atoms with E-state index in [1.165, 1.54) is 11.1 Å². The Kier molecular flexibility index (Phi) is 5.61. The number of carbonyl (C=O) groups is 1. The minimum atomic E-state index is -0.510. The summed E-state index contributed by atoms with van der Waals surface area (Å²) in [4.78, 5) is 12.7. The Morgan fingerprint density at radius 2 is 1.50 bits per heavy atom. The summed E-state index contributed by atoms with van der Waals surface area (Å²) in [6.45, 7) is 15.7. The Hall–Kier alpha value is -1.05. The number of hydrogen-bond donors (Lipinski definition) is 1. The Morgan fingerprint density at radius 1 is 1.05 bits per heavy atom. The van der Waals surface area contributed by atoms with Gasteiger partial charge >= 0.3 is 0 Å². The Balaban J connectivity index is 3.36. The first kappa shape index (κ1) is 17.0. The largest absolute Gasteiger partial charge is 0.355 e. The Morgan fingerprint density at radius 3 is 1.80 bits per heavy atom. The molecule has 0 fully saturated rings. The van der Waals surface area contributed by atoms with Gasteiger partial charge in [0.2, 0.25) is 5.91 Å². The smallest absolute Gasteiger partial charge is 0.234 e. The SMILES string of the molecule is CCNC(=O)C1(C(C)C)C=C(C(C)C)[CH]C(C(C)C)=C1. The van der Waals surface area contributed by atoms with Gasteiger partial charge in [-0.15, -0.1) is 0 Å². The van der Waals surface area contributed by atoms with Gasteiger partial charge < -0.3 is 5.32 Å². The van der Waals surface area contributed by atoms with Crippen molar-refractivity contribution in [1.82, 2.24) is 5.32 Å². The second kappa shape index (κ2) is 6.60. The molecule has 0 heterocycles. The molecule has 0 saturated carbocycles. The topological polar surface area (TPSA) is 29.1 Å². The molecule has 0 aliphatic heterocycles. The third-order valence-electron chi connectivity index (χ3n) is 4.16. The first-order valence-electron chi connectivity index (χ1n) is 7.83. The van der Waals surface area contributed by atoms with Crippen molar-refractivity contribution < 1.29 is 4.79 Å². The molecule has 0 spiro atoms. The van der Waals surface area contributed by atoms with Crippen molar-refractivity contribution in [2.75, 3.05) is 6.54 Å². The van der Waals surface area contributed by atoms with E-state index < -0.39 is 5.41 Å². The molecule has 2 nitrogen and oxygen atoms in total. The van der Waals surface area contributed by atoms with E-state index in [9.17, 15) is 4.79 Å². The molecule has 0 aromatic carbocycles. The fourth-order valence-corrected chi connectivity index (χ4v) is 2.58. The number of allylic oxidation sites excluding steroid dienone is 2. The predicted octanol–water partition coefficient (Wildman–Crippen LogP) is 4.15. The summed E-state index contributed by atoms with van der Waals surface area (Å²) < 4.78 is 0. The molecule has 113 valence electrons. The Labute approximate surface area is 124 Å². The lowest BCUT2D eigenvalue weighted by Crippen LogP contribution is -2.43. The van der Waals surface area contributed by atoms with Crippen LogP contribution in [-0.2, 0) is 4.79 Å². The van der Waals surface area contributed by atoms with Crippen LogP contribution in [0.15, 0.2) is 23.3 Å². The maximum Gasteiger partial charge on any atom is 0.234 e. The lowest BCUT2D eigenvalue weighted by Gasteiger charge is -2.37. The van der Waals surface area contributed by atoms with Crippen LogP contribution in [0, 0.1) is 29.6 Å². The van der Waals surface area contributed by atoms with E-state index in [0.29, 0.717) is 18.4 Å². The average Bonchev–Trinajstić information content (AvgIpc) is 2.37. The lowest BCUT2D eigenvalue weighted by molar-refractivity contribution is -0.128. The molecular weight excluding hydrogens is 246 g/mol. The van der Waals surface area contributed by atoms with Crippen LogP contribution < -0.4 is 5.32 Å². The second-order valence-corrected chi connectivity index (χ2v) is 6.69. The first-order valence-corrected chi connectivity index (χ1v) is 7.83. The zero-order valence-electron chi connectivity index (χ0n) is 14.1. The van der Waals surface area contributed by atoms with E-state index in [4.69, 9.17) is 0 Å². The highest BCUT2D eigenvalue weighted by Crippen LogP contribution is 2.42. The maximum absolute atomic E-state index is 12.7. The third kappa shape index (κ3) is 3.34. The maximum atomic E-state index is 12.7. The van der Waals surface area contributed by atoms with Crippen molar-refractivity contribution in [3.05, 3.63) is 29.7 Å². The third-order valence-corrected chi connectivity index (χ3v) is 4.16. The molecule has 0 unspecified atom stereocenters. The van der Waals surface area contributed by atoms with Crippen LogP contribution in [0.5, 0.6) is 0 Å². The second-order valence-electron chi connectivity index (χ2n) is 6.69. The number of hydrogen-bond acceptors (Lipinski definition) is 1. The van der Waals surface area contributed by atoms with Crippen molar-refractivity contribution in [1.29, 1.82) is 0 Å². The number of carbonyl (C=O) groups excluding carboxylic acids is 1. The van der Waals surface area contributed by atoms with Gasteiger partial charge in [0.05, 0.1) is 5.41 Å². The van der Waals surface area contributed by atoms with E-state index in [2.05, 4.69) is 65.4 Å². The van der Waals surface area contributed by atoms with Crippen molar-refractivity contribution >= 4 is 5.91 Å². The Bertz CT molecular complexity index is 389. The van der Waals surface area contributed by atoms with Gasteiger partial charge in [0.15, 0.2) is 0 Å². The quantitative estimate of drug-likeness (QED) is 0.803. The summed E-state index contributed by atoms with van der Waals surface area (Å²) in [7, 11) is 0. The van der Waals surface area contributed by atoms with Crippen LogP contribution in [0.1, 0.15) is 48.5 Å². The van der Waals surface area contributed by atoms with Gasteiger partial charge in [-0.05, 0) is 24.7 Å². The van der Waals surface area contributed by atoms with Crippen molar-refractivity contribution in [3.63, 3.8) is 0 Å². The lowest BCUT2D eigenvalue weighted by atomic mass is 9.67. The summed E-state index contributed by atoms with van der Waals surface area (Å²) in [5.41, 5.74) is 2.04. The van der Waals surface area contributed by atoms with Crippen LogP contribution in [0.2, 0.25) is 0 Å². The molecule has 0 atom stereocenters. The molecule has 0 bridgehead atoms. The highest BCUT2D eigenvalue weighted by Gasteiger charge is 2.40. The van der Waals surface area contributed by atoms with E-state index in [-0.39, 0.29) is 11.8 Å². The fourth-order valence-electron chi connectivity index (χ4n) is 2.58. The van der Waals surface area contributed by atoms with Gasteiger partial charge in [-0.2, -0.15) is 0 Å². The van der Waals surface area contributed by atoms with Crippen molar-refractivity contribution in [2.24, 2.45) is 23.2 Å². The standard InChI is InChI=1S/C18H30NO/c1-8-19-17(20)18(14(6)7)10-15(12(2)3)9-16(11-18)13(4)5/h9-14H,8H2,1-7H3,(H,19,20). The fraction of sp³-hybridized carbons (Fsp3) is 0.667. The van der Waals surface area contributed by atoms with E-state index in [1.807, 2.05) is 6.92 Å². The van der Waals surface area contributed by atoms with E-state index in [0.717, 1.165) is 0 Å². The molecule has 2 heteroatoms. The van der Waals surface area contributed by atoms with Gasteiger partial charge in [0, 0.05) is 13.0 Å². The monoisotopic (exact) mass is 276 g/mol. The first-order chi connectivity index (χ1) is 9.24. The summed E-state index contributed by atoms with van der Waals surface area (Å²) in [6, 6.07) is 0. The summed E-state index contributed by atoms with van der Waals surface area (Å²) in [6.07, 6.45) is 6.62. The predicted molar refractivity (Wildman–Crippen MR) is 86.1 cm³/mol. The average molecular weight is 276 g/mol. The summed E-state index contributed by atoms with van der Waals surface area (Å²) >= 11 is 0. The van der Waals surface area contributed by atoms with Gasteiger partial charge in [-0.3, -0.25) is 4.79 Å². The molecule has 1 N–H and O–H groups in total. The van der Waals surface area contributed by atoms with Crippen LogP contribution >= 0.6 is 0 Å². The molecule has 0 aromatic rings. The molecule has 0 aromatic heterocycles. The molecule has 1 rings (SSSR count). The molecule has 1 aliphatic carbocycles. The molecule has 1 amide bonds. The molecule has 1 aliphatic rings. The zero-order valence-corrected chi connectivity index (χ0v) is 14.1. The molecule has 20 heavy (non-hydrogen) atoms. The summed E-state index contributed by atoms with van der Waals surface area (Å²) in [5.74, 6) is 1.24. The number of amides is 1. The van der Waals surface area contributed by atoms with E-state index in [1.54, 1.807) is 0 Å². The van der Waals surface area contributed by atoms with Gasteiger partial charge in [-0.25, -0.2) is 0 Å². The van der Waals surface area contributed by atoms with Gasteiger partial charge in [0.1, 0.15) is 0 Å². The molecule has 0 saturated heterocycles. The van der Waals surface area contributed by atoms with Crippen LogP contribution in [-0.4, -0.2) is 12.5 Å². The number of nitrogens with one attached hydrogen (secondary N) is 1. The molecule has 1 radical (unpaired) electrons. The minimum Gasteiger partial charge on any atom is -0.355 e. The minimum absolute atomic E-state index is 0.124. The van der Waals surface area contributed by atoms with Crippen LogP contribution in [0.25, 0.3) is 0 Å². The normalized spacial score (nSPS) is 18.3. The van der Waals surface area contributed by atoms with Crippen LogP contribution in [0.4, 0.5) is 0 Å². The zero-order chi connectivity index (χ0) is 15.5. The van der Waals surface area contributed by atoms with E-state index >= 15 is 0 Å². The highest BCUT2D eigenvalue weighted by molar-refractivity contribution is 5.88. The van der Waals surface area contributed by atoms with Crippen molar-refractivity contribution in [3.8, 4) is 0 Å². The number of rotatable bonds is 5. The van der Waals surface area contributed by atoms with Gasteiger partial charge in [-0.1, -0.05) is 64.8 Å². The molecular formula is C18H30NO. The van der Waals surface area contributed by atoms with Gasteiger partial charge in [0.25, 0.3) is 0 Å². The highest BCUT2D eigenvalue weighted by atomic mass is 16.2.